The van der Waals surface area contributed by atoms with Gasteiger partial charge >= 0.3 is 5.51 Å². The Kier molecular flexibility index (Phi) is 8.68. The molecule has 0 heterocycles. The molecule has 0 aliphatic heterocycles. The zero-order valence-electron chi connectivity index (χ0n) is 10.5. The number of hydrogen-bond acceptors (Lipinski definition) is 3. The van der Waals surface area contributed by atoms with Crippen molar-refractivity contribution in [2.45, 2.75) is 18.0 Å². The van der Waals surface area contributed by atoms with E-state index >= 15 is 0 Å². The maximum atomic E-state index is 11.9. The normalized spacial score (nSPS) is 12.4. The average Bonchev–Trinajstić information content (AvgIpc) is 2.34. The molecule has 114 valence electrons. The molecule has 3 N–H and O–H groups in total. The first-order valence-corrected chi connectivity index (χ1v) is 6.65. The Bertz CT molecular complexity index is 403. The molecule has 3 nitrogen and oxygen atoms in total. The molecular weight excluding hydrogens is 313 g/mol. The highest BCUT2D eigenvalue weighted by molar-refractivity contribution is 8.00. The predicted octanol–water partition coefficient (Wildman–Crippen LogP) is 2.35. The van der Waals surface area contributed by atoms with Gasteiger partial charge in [0, 0.05) is 12.3 Å². The Labute approximate surface area is 125 Å². The van der Waals surface area contributed by atoms with Crippen LogP contribution in [0.3, 0.4) is 0 Å². The highest BCUT2D eigenvalue weighted by atomic mass is 35.5. The molecule has 0 saturated heterocycles. The Balaban J connectivity index is 0.00000361. The largest absolute Gasteiger partial charge is 0.441 e. The summed E-state index contributed by atoms with van der Waals surface area (Å²) in [6.45, 7) is -0.0501. The van der Waals surface area contributed by atoms with Gasteiger partial charge in [-0.25, -0.2) is 0 Å². The van der Waals surface area contributed by atoms with Crippen molar-refractivity contribution in [1.29, 1.82) is 0 Å². The van der Waals surface area contributed by atoms with Crippen LogP contribution >= 0.6 is 24.2 Å². The van der Waals surface area contributed by atoms with Gasteiger partial charge in [0.25, 0.3) is 0 Å². The Morgan fingerprint density at radius 2 is 1.90 bits per heavy atom. The molecule has 1 atom stereocenters. The molecule has 20 heavy (non-hydrogen) atoms. The van der Waals surface area contributed by atoms with Crippen molar-refractivity contribution in [3.8, 4) is 0 Å². The summed E-state index contributed by atoms with van der Waals surface area (Å²) in [5.41, 5.74) is 2.32. The van der Waals surface area contributed by atoms with E-state index in [1.165, 1.54) is 0 Å². The quantitative estimate of drug-likeness (QED) is 0.788. The third kappa shape index (κ3) is 8.29. The third-order valence-electron chi connectivity index (χ3n) is 2.30. The van der Waals surface area contributed by atoms with Crippen LogP contribution in [-0.2, 0) is 11.2 Å². The lowest BCUT2D eigenvalue weighted by molar-refractivity contribution is -0.122. The molecule has 0 spiro atoms. The number of rotatable bonds is 6. The first-order chi connectivity index (χ1) is 8.88. The van der Waals surface area contributed by atoms with Crippen LogP contribution in [0.5, 0.6) is 0 Å². The SMILES string of the molecule is Cl.N[C@@H](Cc1ccccc1)C(=O)NCCSC(F)(F)F. The maximum absolute atomic E-state index is 11.9. The van der Waals surface area contributed by atoms with Crippen LogP contribution in [0.2, 0.25) is 0 Å². The topological polar surface area (TPSA) is 55.1 Å². The number of nitrogens with two attached hydrogens (primary N) is 1. The maximum Gasteiger partial charge on any atom is 0.441 e. The summed E-state index contributed by atoms with van der Waals surface area (Å²) in [4.78, 5) is 11.5. The van der Waals surface area contributed by atoms with E-state index in [2.05, 4.69) is 5.32 Å². The van der Waals surface area contributed by atoms with Gasteiger partial charge in [0.15, 0.2) is 0 Å². The fourth-order valence-electron chi connectivity index (χ4n) is 1.43. The molecule has 0 fully saturated rings. The van der Waals surface area contributed by atoms with E-state index in [1.807, 2.05) is 30.3 Å². The zero-order chi connectivity index (χ0) is 14.3. The van der Waals surface area contributed by atoms with Crippen molar-refractivity contribution in [3.63, 3.8) is 0 Å². The third-order valence-corrected chi connectivity index (χ3v) is 3.04. The summed E-state index contributed by atoms with van der Waals surface area (Å²) < 4.78 is 35.6. The van der Waals surface area contributed by atoms with Crippen molar-refractivity contribution < 1.29 is 18.0 Å². The van der Waals surface area contributed by atoms with Crippen LogP contribution in [0.1, 0.15) is 5.56 Å². The molecule has 0 aliphatic rings. The number of amides is 1. The van der Waals surface area contributed by atoms with Gasteiger partial charge in [-0.2, -0.15) is 13.2 Å². The van der Waals surface area contributed by atoms with Crippen molar-refractivity contribution in [3.05, 3.63) is 35.9 Å². The summed E-state index contributed by atoms with van der Waals surface area (Å²) >= 11 is -0.164. The summed E-state index contributed by atoms with van der Waals surface area (Å²) in [6, 6.07) is 8.45. The number of carbonyl (C=O) groups is 1. The predicted molar refractivity (Wildman–Crippen MR) is 76.9 cm³/mol. The lowest BCUT2D eigenvalue weighted by atomic mass is 10.1. The van der Waals surface area contributed by atoms with Crippen molar-refractivity contribution >= 4 is 30.1 Å². The second kappa shape index (κ2) is 9.10. The molecule has 0 unspecified atom stereocenters. The minimum absolute atomic E-state index is 0. The van der Waals surface area contributed by atoms with E-state index in [4.69, 9.17) is 5.73 Å². The fraction of sp³-hybridized carbons (Fsp3) is 0.417. The minimum Gasteiger partial charge on any atom is -0.354 e. The van der Waals surface area contributed by atoms with E-state index in [1.54, 1.807) is 0 Å². The Morgan fingerprint density at radius 1 is 1.30 bits per heavy atom. The number of halogens is 4. The van der Waals surface area contributed by atoms with Crippen LogP contribution in [-0.4, -0.2) is 29.8 Å². The molecule has 0 aliphatic carbocycles. The van der Waals surface area contributed by atoms with E-state index in [9.17, 15) is 18.0 Å². The number of nitrogens with one attached hydrogen (secondary N) is 1. The van der Waals surface area contributed by atoms with E-state index in [0.717, 1.165) is 5.56 Å². The molecule has 8 heteroatoms. The standard InChI is InChI=1S/C12H15F3N2OS.ClH/c13-12(14,15)19-7-6-17-11(18)10(16)8-9-4-2-1-3-5-9;/h1-5,10H,6-8,16H2,(H,17,18);1H/t10-;/m0./s1. The van der Waals surface area contributed by atoms with Crippen LogP contribution < -0.4 is 11.1 Å². The minimum atomic E-state index is -4.27. The van der Waals surface area contributed by atoms with Crippen LogP contribution in [0, 0.1) is 0 Å². The molecule has 0 saturated carbocycles. The molecule has 1 amide bonds. The summed E-state index contributed by atoms with van der Waals surface area (Å²) in [6.07, 6.45) is 0.360. The van der Waals surface area contributed by atoms with Crippen molar-refractivity contribution in [2.24, 2.45) is 5.73 Å². The Morgan fingerprint density at radius 3 is 2.45 bits per heavy atom. The van der Waals surface area contributed by atoms with Gasteiger partial charge < -0.3 is 11.1 Å². The number of alkyl halides is 3. The van der Waals surface area contributed by atoms with E-state index in [0.29, 0.717) is 6.42 Å². The monoisotopic (exact) mass is 328 g/mol. The van der Waals surface area contributed by atoms with Gasteiger partial charge in [-0.3, -0.25) is 4.79 Å². The number of benzene rings is 1. The molecular formula is C12H16ClF3N2OS. The summed E-state index contributed by atoms with van der Waals surface area (Å²) in [5, 5.41) is 2.39. The second-order valence-corrected chi connectivity index (χ2v) is 5.04. The van der Waals surface area contributed by atoms with Crippen LogP contribution in [0.25, 0.3) is 0 Å². The van der Waals surface area contributed by atoms with Gasteiger partial charge in [0.1, 0.15) is 0 Å². The number of carbonyl (C=O) groups excluding carboxylic acids is 1. The first kappa shape index (κ1) is 19.1. The van der Waals surface area contributed by atoms with E-state index in [-0.39, 0.29) is 36.5 Å². The highest BCUT2D eigenvalue weighted by Crippen LogP contribution is 2.29. The molecule has 0 aromatic heterocycles. The van der Waals surface area contributed by atoms with Crippen molar-refractivity contribution in [1.82, 2.24) is 5.32 Å². The molecule has 1 aromatic carbocycles. The van der Waals surface area contributed by atoms with Gasteiger partial charge in [-0.05, 0) is 23.7 Å². The van der Waals surface area contributed by atoms with Gasteiger partial charge in [-0.1, -0.05) is 30.3 Å². The smallest absolute Gasteiger partial charge is 0.354 e. The molecule has 0 bridgehead atoms. The lowest BCUT2D eigenvalue weighted by Crippen LogP contribution is -2.42. The molecule has 1 aromatic rings. The number of thioether (sulfide) groups is 1. The van der Waals surface area contributed by atoms with Crippen LogP contribution in [0.4, 0.5) is 13.2 Å². The molecule has 0 radical (unpaired) electrons. The first-order valence-electron chi connectivity index (χ1n) is 5.66. The van der Waals surface area contributed by atoms with Gasteiger partial charge in [0.05, 0.1) is 6.04 Å². The van der Waals surface area contributed by atoms with Crippen molar-refractivity contribution in [2.75, 3.05) is 12.3 Å². The lowest BCUT2D eigenvalue weighted by Gasteiger charge is -2.12. The zero-order valence-corrected chi connectivity index (χ0v) is 12.2. The second-order valence-electron chi connectivity index (χ2n) is 3.88. The Hall–Kier alpha value is -0.920. The average molecular weight is 329 g/mol. The molecule has 1 rings (SSSR count). The van der Waals surface area contributed by atoms with Gasteiger partial charge in [0.2, 0.25) is 5.91 Å². The highest BCUT2D eigenvalue weighted by Gasteiger charge is 2.27. The van der Waals surface area contributed by atoms with Crippen LogP contribution in [0.15, 0.2) is 30.3 Å². The van der Waals surface area contributed by atoms with E-state index < -0.39 is 17.5 Å². The summed E-state index contributed by atoms with van der Waals surface area (Å²) in [7, 11) is 0. The number of hydrogen-bond donors (Lipinski definition) is 2. The van der Waals surface area contributed by atoms with Gasteiger partial charge in [-0.15, -0.1) is 12.4 Å². The summed E-state index contributed by atoms with van der Waals surface area (Å²) in [5.74, 6) is -0.653. The fourth-order valence-corrected chi connectivity index (χ4v) is 1.87.